The lowest BCUT2D eigenvalue weighted by Crippen LogP contribution is -2.37. The third-order valence-corrected chi connectivity index (χ3v) is 8.19. The highest BCUT2D eigenvalue weighted by Gasteiger charge is 2.17. The number of rotatable bonds is 32. The molecule has 0 spiro atoms. The molecule has 0 aliphatic rings. The first-order chi connectivity index (χ1) is 19.2. The largest absolute Gasteiger partial charge is 0.756 e. The van der Waals surface area contributed by atoms with Crippen molar-refractivity contribution >= 4 is 7.82 Å². The topological polar surface area (TPSA) is 77.1 Å². The van der Waals surface area contributed by atoms with Crippen LogP contribution in [-0.4, -0.2) is 71.3 Å². The number of hydrogen-bond acceptors (Lipinski definition) is 6. The molecule has 242 valence electrons. The maximum absolute atomic E-state index is 12.2. The van der Waals surface area contributed by atoms with Crippen molar-refractivity contribution in [3.8, 4) is 0 Å². The van der Waals surface area contributed by atoms with Crippen LogP contribution in [0.4, 0.5) is 0 Å². The van der Waals surface area contributed by atoms with Gasteiger partial charge in [-0.15, -0.1) is 0 Å². The van der Waals surface area contributed by atoms with E-state index < -0.39 is 13.9 Å². The molecule has 0 heterocycles. The average molecular weight is 594 g/mol. The van der Waals surface area contributed by atoms with Gasteiger partial charge in [0.1, 0.15) is 19.3 Å². The third kappa shape index (κ3) is 30.9. The van der Waals surface area contributed by atoms with Gasteiger partial charge in [-0.3, -0.25) is 4.57 Å². The Morgan fingerprint density at radius 3 is 1.48 bits per heavy atom. The summed E-state index contributed by atoms with van der Waals surface area (Å²) in [4.78, 5) is 12.2. The maximum Gasteiger partial charge on any atom is 0.268 e. The van der Waals surface area contributed by atoms with Crippen LogP contribution in [0, 0.1) is 0 Å². The van der Waals surface area contributed by atoms with Crippen LogP contribution in [0.15, 0.2) is 0 Å². The Hall–Kier alpha value is -0.0100. The predicted octanol–water partition coefficient (Wildman–Crippen LogP) is 8.44. The smallest absolute Gasteiger partial charge is 0.268 e. The molecule has 0 aliphatic carbocycles. The molecule has 0 rings (SSSR count). The molecule has 8 heteroatoms. The number of unbranched alkanes of at least 4 members (excludes halogenated alkanes) is 18. The lowest BCUT2D eigenvalue weighted by Gasteiger charge is -2.28. The van der Waals surface area contributed by atoms with Gasteiger partial charge in [0, 0.05) is 13.2 Å². The van der Waals surface area contributed by atoms with Gasteiger partial charge in [-0.1, -0.05) is 129 Å². The van der Waals surface area contributed by atoms with Crippen molar-refractivity contribution < 1.29 is 32.5 Å². The molecule has 0 aliphatic heterocycles. The van der Waals surface area contributed by atoms with E-state index in [4.69, 9.17) is 18.5 Å². The van der Waals surface area contributed by atoms with Crippen molar-refractivity contribution in [2.75, 3.05) is 60.7 Å². The van der Waals surface area contributed by atoms with Crippen molar-refractivity contribution in [2.24, 2.45) is 0 Å². The molecular weight excluding hydrogens is 525 g/mol. The summed E-state index contributed by atoms with van der Waals surface area (Å²) in [6, 6.07) is 0. The molecule has 0 bridgehead atoms. The van der Waals surface area contributed by atoms with Crippen LogP contribution in [-0.2, 0) is 23.1 Å². The van der Waals surface area contributed by atoms with Gasteiger partial charge in [-0.25, -0.2) is 0 Å². The Morgan fingerprint density at radius 2 is 1.00 bits per heavy atom. The fraction of sp³-hybridized carbons (Fsp3) is 1.00. The first-order valence-electron chi connectivity index (χ1n) is 16.8. The molecule has 0 radical (unpaired) electrons. The number of ether oxygens (including phenoxy) is 2. The van der Waals surface area contributed by atoms with Crippen LogP contribution in [0.2, 0.25) is 0 Å². The number of phosphoric ester groups is 1. The quantitative estimate of drug-likeness (QED) is 0.0443. The van der Waals surface area contributed by atoms with Crippen LogP contribution >= 0.6 is 7.82 Å². The monoisotopic (exact) mass is 593 g/mol. The maximum atomic E-state index is 12.2. The van der Waals surface area contributed by atoms with Crippen LogP contribution in [0.25, 0.3) is 0 Å². The third-order valence-electron chi connectivity index (χ3n) is 7.23. The molecule has 0 fully saturated rings. The molecule has 0 amide bonds. The second-order valence-corrected chi connectivity index (χ2v) is 13.9. The molecule has 0 saturated heterocycles. The van der Waals surface area contributed by atoms with Crippen LogP contribution in [0.5, 0.6) is 0 Å². The number of phosphoric acid groups is 1. The van der Waals surface area contributed by atoms with E-state index in [9.17, 15) is 9.46 Å². The van der Waals surface area contributed by atoms with E-state index >= 15 is 0 Å². The van der Waals surface area contributed by atoms with E-state index in [2.05, 4.69) is 13.8 Å². The predicted molar refractivity (Wildman–Crippen MR) is 167 cm³/mol. The number of nitrogens with zero attached hydrogens (tertiary/aromatic N) is 1. The van der Waals surface area contributed by atoms with Gasteiger partial charge in [0.05, 0.1) is 34.4 Å². The van der Waals surface area contributed by atoms with Crippen molar-refractivity contribution in [1.82, 2.24) is 0 Å². The fourth-order valence-electron chi connectivity index (χ4n) is 4.53. The second kappa shape index (κ2) is 27.8. The molecular formula is C32H68NO6P. The molecule has 40 heavy (non-hydrogen) atoms. The highest BCUT2D eigenvalue weighted by molar-refractivity contribution is 7.45. The molecule has 2 atom stereocenters. The SMILES string of the molecule is CCCCCCCCCCCCCCCCCCOCC(COP(=O)([O-])OCC[N+](C)(C)C)OCCCCCC. The van der Waals surface area contributed by atoms with Crippen molar-refractivity contribution in [1.29, 1.82) is 0 Å². The summed E-state index contributed by atoms with van der Waals surface area (Å²) in [5.41, 5.74) is 0. The van der Waals surface area contributed by atoms with Crippen molar-refractivity contribution in [3.05, 3.63) is 0 Å². The summed E-state index contributed by atoms with van der Waals surface area (Å²) in [6.45, 7) is 6.65. The molecule has 0 N–H and O–H groups in total. The zero-order valence-electron chi connectivity index (χ0n) is 27.3. The van der Waals surface area contributed by atoms with E-state index in [1.165, 1.54) is 109 Å². The summed E-state index contributed by atoms with van der Waals surface area (Å²) in [7, 11) is 1.60. The van der Waals surface area contributed by atoms with Gasteiger partial charge >= 0.3 is 0 Å². The summed E-state index contributed by atoms with van der Waals surface area (Å²) < 4.78 is 34.7. The van der Waals surface area contributed by atoms with Crippen LogP contribution in [0.3, 0.4) is 0 Å². The van der Waals surface area contributed by atoms with Crippen LogP contribution < -0.4 is 4.89 Å². The highest BCUT2D eigenvalue weighted by Crippen LogP contribution is 2.38. The molecule has 0 saturated carbocycles. The number of quaternary nitrogens is 1. The zero-order chi connectivity index (χ0) is 29.8. The molecule has 0 aromatic rings. The van der Waals surface area contributed by atoms with E-state index in [0.29, 0.717) is 30.8 Å². The van der Waals surface area contributed by atoms with E-state index in [1.54, 1.807) is 0 Å². The number of hydrogen-bond donors (Lipinski definition) is 0. The van der Waals surface area contributed by atoms with Gasteiger partial charge in [-0.05, 0) is 12.8 Å². The van der Waals surface area contributed by atoms with Gasteiger partial charge in [0.15, 0.2) is 0 Å². The summed E-state index contributed by atoms with van der Waals surface area (Å²) in [5.74, 6) is 0. The lowest BCUT2D eigenvalue weighted by atomic mass is 10.0. The highest BCUT2D eigenvalue weighted by atomic mass is 31.2. The minimum Gasteiger partial charge on any atom is -0.756 e. The minimum atomic E-state index is -4.36. The fourth-order valence-corrected chi connectivity index (χ4v) is 5.26. The summed E-state index contributed by atoms with van der Waals surface area (Å²) >= 11 is 0. The van der Waals surface area contributed by atoms with Gasteiger partial charge in [0.25, 0.3) is 7.82 Å². The first-order valence-corrected chi connectivity index (χ1v) is 18.3. The molecule has 7 nitrogen and oxygen atoms in total. The van der Waals surface area contributed by atoms with Gasteiger partial charge < -0.3 is 27.9 Å². The Bertz CT molecular complexity index is 572. The normalized spacial score (nSPS) is 14.4. The van der Waals surface area contributed by atoms with Crippen LogP contribution in [0.1, 0.15) is 142 Å². The van der Waals surface area contributed by atoms with E-state index in [1.807, 2.05) is 21.1 Å². The van der Waals surface area contributed by atoms with E-state index in [-0.39, 0.29) is 13.2 Å². The van der Waals surface area contributed by atoms with E-state index in [0.717, 1.165) is 19.3 Å². The Kier molecular flexibility index (Phi) is 27.8. The lowest BCUT2D eigenvalue weighted by molar-refractivity contribution is -0.870. The molecule has 0 aromatic heterocycles. The number of likely N-dealkylation sites (N-methyl/N-ethyl adjacent to an activating group) is 1. The Balaban J connectivity index is 3.88. The van der Waals surface area contributed by atoms with Crippen molar-refractivity contribution in [2.45, 2.75) is 148 Å². The van der Waals surface area contributed by atoms with Crippen molar-refractivity contribution in [3.63, 3.8) is 0 Å². The second-order valence-electron chi connectivity index (χ2n) is 12.5. The summed E-state index contributed by atoms with van der Waals surface area (Å²) in [6.07, 6.45) is 25.5. The average Bonchev–Trinajstić information content (AvgIpc) is 2.89. The van der Waals surface area contributed by atoms with Gasteiger partial charge in [0.2, 0.25) is 0 Å². The minimum absolute atomic E-state index is 0.0715. The Labute approximate surface area is 249 Å². The van der Waals surface area contributed by atoms with Gasteiger partial charge in [-0.2, -0.15) is 0 Å². The zero-order valence-corrected chi connectivity index (χ0v) is 28.2. The Morgan fingerprint density at radius 1 is 0.575 bits per heavy atom. The summed E-state index contributed by atoms with van der Waals surface area (Å²) in [5, 5.41) is 0. The molecule has 0 aromatic carbocycles. The standard InChI is InChI=1S/C32H68NO6P/c1-6-8-10-12-13-14-15-16-17-18-19-20-21-22-23-24-27-36-30-32(37-28-25-11-9-7-2)31-39-40(34,35)38-29-26-33(3,4)5/h32H,6-31H2,1-5H3. The molecule has 2 unspecified atom stereocenters. The first kappa shape index (κ1) is 40.0.